The number of hydrogen-bond acceptors (Lipinski definition) is 5. The van der Waals surface area contributed by atoms with Gasteiger partial charge in [-0.1, -0.05) is 11.6 Å². The molecule has 26 heavy (non-hydrogen) atoms. The number of fused-ring (bicyclic) bond motifs is 1. The van der Waals surface area contributed by atoms with Crippen LogP contribution in [0.3, 0.4) is 0 Å². The molecule has 0 aliphatic carbocycles. The summed E-state index contributed by atoms with van der Waals surface area (Å²) in [6, 6.07) is 0.748. The number of rotatable bonds is 3. The van der Waals surface area contributed by atoms with Crippen molar-refractivity contribution in [3.8, 4) is 0 Å². The van der Waals surface area contributed by atoms with Gasteiger partial charge in [0, 0.05) is 19.0 Å². The average molecular weight is 393 g/mol. The van der Waals surface area contributed by atoms with Crippen LogP contribution >= 0.6 is 11.6 Å². The highest BCUT2D eigenvalue weighted by Gasteiger charge is 2.34. The molecule has 0 spiro atoms. The molecule has 12 heteroatoms. The highest BCUT2D eigenvalue weighted by Crippen LogP contribution is 2.34. The van der Waals surface area contributed by atoms with Crippen LogP contribution in [0.5, 0.6) is 0 Å². The Balaban J connectivity index is 1.94. The fourth-order valence-corrected chi connectivity index (χ4v) is 2.97. The third kappa shape index (κ3) is 3.52. The fourth-order valence-electron chi connectivity index (χ4n) is 2.76. The lowest BCUT2D eigenvalue weighted by atomic mass is 10.1. The Morgan fingerprint density at radius 3 is 2.85 bits per heavy atom. The predicted molar refractivity (Wildman–Crippen MR) is 80.9 cm³/mol. The summed E-state index contributed by atoms with van der Waals surface area (Å²) in [6.07, 6.45) is -5.05. The summed E-state index contributed by atoms with van der Waals surface area (Å²) in [5.41, 5.74) is -1.81. The van der Waals surface area contributed by atoms with Crippen LogP contribution in [0.2, 0.25) is 5.02 Å². The smallest absolute Gasteiger partial charge is 0.450 e. The van der Waals surface area contributed by atoms with Crippen molar-refractivity contribution >= 4 is 17.8 Å². The zero-order valence-electron chi connectivity index (χ0n) is 13.0. The fraction of sp³-hybridized carbons (Fsp3) is 0.429. The second-order valence-electron chi connectivity index (χ2n) is 5.61. The van der Waals surface area contributed by atoms with Gasteiger partial charge in [-0.3, -0.25) is 4.98 Å². The molecule has 1 aliphatic rings. The Kier molecular flexibility index (Phi) is 4.65. The monoisotopic (exact) mass is 392 g/mol. The summed E-state index contributed by atoms with van der Waals surface area (Å²) >= 11 is 5.52. The lowest BCUT2D eigenvalue weighted by Gasteiger charge is -2.21. The maximum Gasteiger partial charge on any atom is 0.507 e. The van der Waals surface area contributed by atoms with Crippen LogP contribution in [-0.2, 0) is 23.9 Å². The molecule has 2 aromatic heterocycles. The quantitative estimate of drug-likeness (QED) is 0.806. The van der Waals surface area contributed by atoms with E-state index >= 15 is 0 Å². The number of aryl methyl sites for hydroxylation is 1. The van der Waals surface area contributed by atoms with Gasteiger partial charge in [0.15, 0.2) is 6.23 Å². The first-order valence-corrected chi connectivity index (χ1v) is 7.84. The van der Waals surface area contributed by atoms with Crippen molar-refractivity contribution < 1.29 is 27.8 Å². The molecule has 3 heterocycles. The van der Waals surface area contributed by atoms with Crippen molar-refractivity contribution in [2.24, 2.45) is 0 Å². The highest BCUT2D eigenvalue weighted by atomic mass is 35.5. The number of carbonyl (C=O) groups is 1. The SMILES string of the molecule is O=C(O)O[C@H]1CCCc2nn(Cc3cc(C(F)(F)F)c(Cl)cn3)c(=O)n21. The Bertz CT molecular complexity index is 909. The first-order chi connectivity index (χ1) is 12.2. The molecule has 0 saturated heterocycles. The molecule has 0 amide bonds. The molecule has 140 valence electrons. The van der Waals surface area contributed by atoms with Crippen molar-refractivity contribution in [1.82, 2.24) is 19.3 Å². The number of halogens is 4. The van der Waals surface area contributed by atoms with E-state index in [1.54, 1.807) is 0 Å². The minimum absolute atomic E-state index is 0.0602. The number of carboxylic acid groups (broad SMARTS) is 1. The van der Waals surface area contributed by atoms with Gasteiger partial charge in [0.25, 0.3) is 0 Å². The highest BCUT2D eigenvalue weighted by molar-refractivity contribution is 6.31. The molecule has 0 radical (unpaired) electrons. The van der Waals surface area contributed by atoms with Crippen LogP contribution in [0.25, 0.3) is 0 Å². The first-order valence-electron chi connectivity index (χ1n) is 7.46. The lowest BCUT2D eigenvalue weighted by Crippen LogP contribution is -2.33. The molecule has 1 N–H and O–H groups in total. The van der Waals surface area contributed by atoms with Crippen LogP contribution in [-0.4, -0.2) is 30.6 Å². The Labute approximate surface area is 148 Å². The average Bonchev–Trinajstić information content (AvgIpc) is 2.85. The molecule has 0 fully saturated rings. The molecule has 1 aliphatic heterocycles. The van der Waals surface area contributed by atoms with E-state index in [1.165, 1.54) is 0 Å². The summed E-state index contributed by atoms with van der Waals surface area (Å²) in [5.74, 6) is 0.303. The van der Waals surface area contributed by atoms with Gasteiger partial charge < -0.3 is 9.84 Å². The topological polar surface area (TPSA) is 99.2 Å². The summed E-state index contributed by atoms with van der Waals surface area (Å²) in [4.78, 5) is 27.0. The summed E-state index contributed by atoms with van der Waals surface area (Å²) < 4.78 is 45.5. The zero-order valence-corrected chi connectivity index (χ0v) is 13.8. The van der Waals surface area contributed by atoms with E-state index in [0.29, 0.717) is 25.1 Å². The summed E-state index contributed by atoms with van der Waals surface area (Å²) in [5, 5.41) is 12.3. The van der Waals surface area contributed by atoms with Crippen molar-refractivity contribution in [2.45, 2.75) is 38.2 Å². The van der Waals surface area contributed by atoms with Gasteiger partial charge in [0.05, 0.1) is 22.8 Å². The number of alkyl halides is 3. The zero-order chi connectivity index (χ0) is 19.1. The van der Waals surface area contributed by atoms with Gasteiger partial charge in [-0.15, -0.1) is 0 Å². The second-order valence-corrected chi connectivity index (χ2v) is 6.02. The number of hydrogen-bond donors (Lipinski definition) is 1. The number of aromatic nitrogens is 4. The summed E-state index contributed by atoms with van der Waals surface area (Å²) in [6.45, 7) is -0.321. The van der Waals surface area contributed by atoms with E-state index in [4.69, 9.17) is 16.7 Å². The van der Waals surface area contributed by atoms with E-state index in [2.05, 4.69) is 14.8 Å². The molecule has 8 nitrogen and oxygen atoms in total. The first kappa shape index (κ1) is 18.2. The number of ether oxygens (including phenoxy) is 1. The Morgan fingerprint density at radius 1 is 1.46 bits per heavy atom. The van der Waals surface area contributed by atoms with Gasteiger partial charge in [-0.25, -0.2) is 18.8 Å². The molecule has 0 saturated carbocycles. The molecule has 1 atom stereocenters. The molecule has 0 bridgehead atoms. The second kappa shape index (κ2) is 6.63. The molecule has 0 unspecified atom stereocenters. The van der Waals surface area contributed by atoms with Crippen LogP contribution in [0.1, 0.15) is 36.2 Å². The van der Waals surface area contributed by atoms with Gasteiger partial charge in [0.1, 0.15) is 5.82 Å². The van der Waals surface area contributed by atoms with Gasteiger partial charge in [0.2, 0.25) is 0 Å². The van der Waals surface area contributed by atoms with E-state index in [0.717, 1.165) is 21.5 Å². The predicted octanol–water partition coefficient (Wildman–Crippen LogP) is 2.69. The third-order valence-electron chi connectivity index (χ3n) is 3.85. The van der Waals surface area contributed by atoms with Crippen molar-refractivity contribution in [1.29, 1.82) is 0 Å². The van der Waals surface area contributed by atoms with E-state index < -0.39 is 34.8 Å². The molecular weight excluding hydrogens is 381 g/mol. The minimum atomic E-state index is -4.66. The van der Waals surface area contributed by atoms with Crippen molar-refractivity contribution in [3.05, 3.63) is 44.9 Å². The van der Waals surface area contributed by atoms with Crippen LogP contribution in [0.15, 0.2) is 17.1 Å². The van der Waals surface area contributed by atoms with Gasteiger partial charge >= 0.3 is 18.0 Å². The van der Waals surface area contributed by atoms with E-state index in [1.807, 2.05) is 0 Å². The van der Waals surface area contributed by atoms with Gasteiger partial charge in [-0.05, 0) is 12.5 Å². The standard InChI is InChI=1S/C14H12ClF3N4O4/c15-9-5-19-7(4-8(9)14(16,17)18)6-21-12(23)22-10(20-21)2-1-3-11(22)26-13(24)25/h4-5,11H,1-3,6H2,(H,24,25)/t11-/m0/s1. The minimum Gasteiger partial charge on any atom is -0.450 e. The van der Waals surface area contributed by atoms with Crippen LogP contribution in [0.4, 0.5) is 18.0 Å². The van der Waals surface area contributed by atoms with E-state index in [-0.39, 0.29) is 12.2 Å². The largest absolute Gasteiger partial charge is 0.507 e. The lowest BCUT2D eigenvalue weighted by molar-refractivity contribution is -0.137. The number of nitrogens with zero attached hydrogens (tertiary/aromatic N) is 4. The molecular formula is C14H12ClF3N4O4. The maximum absolute atomic E-state index is 12.9. The summed E-state index contributed by atoms with van der Waals surface area (Å²) in [7, 11) is 0. The van der Waals surface area contributed by atoms with Crippen molar-refractivity contribution in [2.75, 3.05) is 0 Å². The van der Waals surface area contributed by atoms with Crippen LogP contribution < -0.4 is 5.69 Å². The number of pyridine rings is 1. The van der Waals surface area contributed by atoms with Crippen LogP contribution in [0, 0.1) is 0 Å². The molecule has 0 aromatic carbocycles. The molecule has 2 aromatic rings. The van der Waals surface area contributed by atoms with Crippen molar-refractivity contribution in [3.63, 3.8) is 0 Å². The van der Waals surface area contributed by atoms with Gasteiger partial charge in [-0.2, -0.15) is 18.3 Å². The maximum atomic E-state index is 12.9. The Morgan fingerprint density at radius 2 is 2.19 bits per heavy atom. The normalized spacial score (nSPS) is 17.0. The van der Waals surface area contributed by atoms with E-state index in [9.17, 15) is 22.8 Å². The third-order valence-corrected chi connectivity index (χ3v) is 4.15. The Hall–Kier alpha value is -2.56. The molecule has 3 rings (SSSR count).